The third-order valence-electron chi connectivity index (χ3n) is 12.1. The fourth-order valence-electron chi connectivity index (χ4n) is 9.63. The van der Waals surface area contributed by atoms with Crippen molar-refractivity contribution < 1.29 is 0 Å². The monoisotopic (exact) mass is 611 g/mol. The van der Waals surface area contributed by atoms with E-state index in [4.69, 9.17) is 0 Å². The maximum atomic E-state index is 2.70. The predicted octanol–water partition coefficient (Wildman–Crippen LogP) is 12.0. The Morgan fingerprint density at radius 2 is 1.60 bits per heavy atom. The van der Waals surface area contributed by atoms with E-state index in [1.807, 2.05) is 0 Å². The van der Waals surface area contributed by atoms with Gasteiger partial charge in [0.2, 0.25) is 0 Å². The van der Waals surface area contributed by atoms with Crippen LogP contribution in [0.4, 0.5) is 5.69 Å². The quantitative estimate of drug-likeness (QED) is 0.210. The number of benzene rings is 3. The third kappa shape index (κ3) is 4.73. The standard InChI is InChI=1S/C46H45N/c1-46(2)42-18-8-4-7-17-40(42)45-39-27-23-34-22-26-36(30-41(34)38(39)28-29-43(45)46)47(44-19-11-15-33-14-9-10-16-37(33)44)35-24-20-32(21-25-35)31-12-5-3-6-13-31/h3-7,9-10,12,14-16,20,22-32,37,44H,8,11,13,17-19,21H2,1-2H3. The van der Waals surface area contributed by atoms with Crippen LogP contribution in [0, 0.1) is 17.8 Å². The molecule has 6 aliphatic rings. The van der Waals surface area contributed by atoms with Gasteiger partial charge in [0.05, 0.1) is 0 Å². The van der Waals surface area contributed by atoms with E-state index < -0.39 is 0 Å². The van der Waals surface area contributed by atoms with Crippen molar-refractivity contribution in [3.05, 3.63) is 155 Å². The van der Waals surface area contributed by atoms with E-state index in [-0.39, 0.29) is 5.41 Å². The summed E-state index contributed by atoms with van der Waals surface area (Å²) in [5.41, 5.74) is 10.5. The average Bonchev–Trinajstić information content (AvgIpc) is 3.25. The van der Waals surface area contributed by atoms with Crippen LogP contribution in [-0.4, -0.2) is 6.04 Å². The average molecular weight is 612 g/mol. The van der Waals surface area contributed by atoms with Gasteiger partial charge in [0.1, 0.15) is 0 Å². The number of rotatable bonds is 4. The number of hydrogen-bond acceptors (Lipinski definition) is 1. The summed E-state index contributed by atoms with van der Waals surface area (Å²) in [6.45, 7) is 4.89. The van der Waals surface area contributed by atoms with Crippen LogP contribution in [0.3, 0.4) is 0 Å². The highest BCUT2D eigenvalue weighted by atomic mass is 15.2. The Morgan fingerprint density at radius 3 is 2.47 bits per heavy atom. The summed E-state index contributed by atoms with van der Waals surface area (Å²) in [6, 6.07) is 17.3. The van der Waals surface area contributed by atoms with E-state index in [2.05, 4.69) is 146 Å². The lowest BCUT2D eigenvalue weighted by Gasteiger charge is -2.42. The van der Waals surface area contributed by atoms with Gasteiger partial charge < -0.3 is 4.90 Å². The topological polar surface area (TPSA) is 3.24 Å². The van der Waals surface area contributed by atoms with E-state index in [0.29, 0.717) is 23.8 Å². The minimum atomic E-state index is 0.0913. The highest BCUT2D eigenvalue weighted by molar-refractivity contribution is 6.13. The zero-order valence-corrected chi connectivity index (χ0v) is 27.8. The van der Waals surface area contributed by atoms with Crippen molar-refractivity contribution >= 4 is 32.8 Å². The molecule has 0 radical (unpaired) electrons. The number of allylic oxidation sites excluding steroid dienone is 15. The molecule has 0 aliphatic heterocycles. The number of hydrogen-bond donors (Lipinski definition) is 0. The fourth-order valence-corrected chi connectivity index (χ4v) is 9.63. The molecule has 6 aliphatic carbocycles. The summed E-state index contributed by atoms with van der Waals surface area (Å²) in [5.74, 6) is 1.55. The Hall–Kier alpha value is -4.36. The van der Waals surface area contributed by atoms with Crippen LogP contribution in [0.25, 0.3) is 27.1 Å². The molecule has 234 valence electrons. The highest BCUT2D eigenvalue weighted by Crippen LogP contribution is 2.53. The zero-order valence-electron chi connectivity index (χ0n) is 27.8. The first-order valence-corrected chi connectivity index (χ1v) is 18.0. The van der Waals surface area contributed by atoms with Crippen molar-refractivity contribution in [3.8, 4) is 0 Å². The molecule has 47 heavy (non-hydrogen) atoms. The minimum absolute atomic E-state index is 0.0913. The van der Waals surface area contributed by atoms with E-state index in [0.717, 1.165) is 38.5 Å². The molecule has 0 N–H and O–H groups in total. The summed E-state index contributed by atoms with van der Waals surface area (Å²) in [5, 5.41) is 5.50. The smallest absolute Gasteiger partial charge is 0.0448 e. The Labute approximate surface area is 280 Å². The van der Waals surface area contributed by atoms with Crippen molar-refractivity contribution in [2.24, 2.45) is 17.8 Å². The van der Waals surface area contributed by atoms with Gasteiger partial charge in [-0.3, -0.25) is 0 Å². The summed E-state index contributed by atoms with van der Waals surface area (Å²) < 4.78 is 0. The molecular formula is C46H45N. The molecule has 0 saturated heterocycles. The van der Waals surface area contributed by atoms with Crippen LogP contribution >= 0.6 is 0 Å². The summed E-state index contributed by atoms with van der Waals surface area (Å²) in [4.78, 5) is 2.70. The number of fused-ring (bicyclic) bond motifs is 7. The van der Waals surface area contributed by atoms with Crippen molar-refractivity contribution in [1.82, 2.24) is 0 Å². The molecule has 3 aromatic carbocycles. The van der Waals surface area contributed by atoms with Crippen LogP contribution in [-0.2, 0) is 5.41 Å². The maximum absolute atomic E-state index is 2.70. The van der Waals surface area contributed by atoms with Crippen LogP contribution in [0.15, 0.2) is 144 Å². The highest BCUT2D eigenvalue weighted by Gasteiger charge is 2.38. The predicted molar refractivity (Wildman–Crippen MR) is 201 cm³/mol. The second-order valence-corrected chi connectivity index (χ2v) is 14.9. The van der Waals surface area contributed by atoms with E-state index >= 15 is 0 Å². The van der Waals surface area contributed by atoms with Gasteiger partial charge in [-0.1, -0.05) is 129 Å². The maximum Gasteiger partial charge on any atom is 0.0448 e. The fraction of sp³-hybridized carbons (Fsp3) is 0.304. The number of nitrogens with zero attached hydrogens (tertiary/aromatic N) is 1. The lowest BCUT2D eigenvalue weighted by Crippen LogP contribution is -2.42. The van der Waals surface area contributed by atoms with E-state index in [1.54, 1.807) is 11.1 Å². The lowest BCUT2D eigenvalue weighted by atomic mass is 9.78. The van der Waals surface area contributed by atoms with Crippen LogP contribution in [0.1, 0.15) is 69.9 Å². The molecule has 0 heterocycles. The molecule has 0 aromatic heterocycles. The van der Waals surface area contributed by atoms with Crippen LogP contribution in [0.5, 0.6) is 0 Å². The van der Waals surface area contributed by atoms with Crippen LogP contribution < -0.4 is 4.90 Å². The summed E-state index contributed by atoms with van der Waals surface area (Å²) in [6.07, 6.45) is 41.0. The van der Waals surface area contributed by atoms with Gasteiger partial charge in [0.25, 0.3) is 0 Å². The second kappa shape index (κ2) is 11.4. The molecule has 1 heteroatoms. The molecule has 0 bridgehead atoms. The number of anilines is 1. The lowest BCUT2D eigenvalue weighted by molar-refractivity contribution is 0.465. The minimum Gasteiger partial charge on any atom is -0.338 e. The van der Waals surface area contributed by atoms with Gasteiger partial charge in [0, 0.05) is 28.8 Å². The Bertz CT molecular complexity index is 2060. The van der Waals surface area contributed by atoms with Gasteiger partial charge in [-0.05, 0) is 119 Å². The summed E-state index contributed by atoms with van der Waals surface area (Å²) >= 11 is 0. The molecule has 1 nitrogen and oxygen atoms in total. The molecule has 4 atom stereocenters. The van der Waals surface area contributed by atoms with Crippen molar-refractivity contribution in [2.75, 3.05) is 4.90 Å². The first-order valence-electron chi connectivity index (χ1n) is 18.0. The molecule has 3 aromatic rings. The van der Waals surface area contributed by atoms with Gasteiger partial charge in [0.15, 0.2) is 0 Å². The van der Waals surface area contributed by atoms with Gasteiger partial charge >= 0.3 is 0 Å². The Kier molecular flexibility index (Phi) is 7.00. The third-order valence-corrected chi connectivity index (χ3v) is 12.1. The molecule has 0 amide bonds. The van der Waals surface area contributed by atoms with E-state index in [1.165, 1.54) is 56.1 Å². The molecule has 0 saturated carbocycles. The molecule has 0 fully saturated rings. The first kappa shape index (κ1) is 28.8. The van der Waals surface area contributed by atoms with Crippen LogP contribution in [0.2, 0.25) is 0 Å². The van der Waals surface area contributed by atoms with Gasteiger partial charge in [-0.25, -0.2) is 0 Å². The van der Waals surface area contributed by atoms with Crippen molar-refractivity contribution in [1.29, 1.82) is 0 Å². The molecule has 0 spiro atoms. The van der Waals surface area contributed by atoms with Crippen molar-refractivity contribution in [2.45, 2.75) is 70.3 Å². The molecule has 4 unspecified atom stereocenters. The SMILES string of the molecule is CC1(C)C2=C(CC=CCC2)c2c1ccc1c2ccc2ccc(N(C3=CCC(C4C=CC=CC4)C=C3)C3CCC=C4C=CC=CC43)cc21. The van der Waals surface area contributed by atoms with Gasteiger partial charge in [-0.15, -0.1) is 0 Å². The van der Waals surface area contributed by atoms with E-state index in [9.17, 15) is 0 Å². The normalized spacial score (nSPS) is 27.0. The largest absolute Gasteiger partial charge is 0.338 e. The Balaban J connectivity index is 1.17. The summed E-state index contributed by atoms with van der Waals surface area (Å²) in [7, 11) is 0. The van der Waals surface area contributed by atoms with Crippen molar-refractivity contribution in [3.63, 3.8) is 0 Å². The first-order chi connectivity index (χ1) is 23.1. The molecular weight excluding hydrogens is 567 g/mol. The second-order valence-electron chi connectivity index (χ2n) is 14.9. The molecule has 9 rings (SSSR count). The Morgan fingerprint density at radius 1 is 0.723 bits per heavy atom. The van der Waals surface area contributed by atoms with Gasteiger partial charge in [-0.2, -0.15) is 0 Å². The zero-order chi connectivity index (χ0) is 31.5.